The Morgan fingerprint density at radius 2 is 2.00 bits per heavy atom. The third-order valence-electron chi connectivity index (χ3n) is 4.68. The van der Waals surface area contributed by atoms with Gasteiger partial charge in [-0.05, 0) is 45.0 Å². The number of hydrogen-bond acceptors (Lipinski definition) is 3. The molecule has 5 nitrogen and oxygen atoms in total. The van der Waals surface area contributed by atoms with Crippen LogP contribution in [0.25, 0.3) is 11.0 Å². The molecule has 2 aromatic rings. The first-order valence-corrected chi connectivity index (χ1v) is 8.08. The molecule has 2 N–H and O–H groups in total. The molecule has 0 saturated carbocycles. The molecule has 2 heterocycles. The molecule has 1 aromatic carbocycles. The molecule has 1 fully saturated rings. The van der Waals surface area contributed by atoms with Crippen LogP contribution in [0.2, 0.25) is 0 Å². The van der Waals surface area contributed by atoms with Crippen LogP contribution in [-0.2, 0) is 11.3 Å². The van der Waals surface area contributed by atoms with Gasteiger partial charge in [-0.3, -0.25) is 4.79 Å². The molecule has 0 spiro atoms. The molecular formula is C17H26Cl2N4O. The van der Waals surface area contributed by atoms with Gasteiger partial charge < -0.3 is 15.2 Å². The number of para-hydroxylation sites is 2. The molecule has 1 saturated heterocycles. The van der Waals surface area contributed by atoms with Crippen LogP contribution in [0.1, 0.15) is 32.6 Å². The highest BCUT2D eigenvalue weighted by Crippen LogP contribution is 2.22. The van der Waals surface area contributed by atoms with Crippen LogP contribution in [0.15, 0.2) is 24.3 Å². The molecule has 0 radical (unpaired) electrons. The quantitative estimate of drug-likeness (QED) is 0.847. The molecule has 2 unspecified atom stereocenters. The predicted molar refractivity (Wildman–Crippen MR) is 102 cm³/mol. The van der Waals surface area contributed by atoms with Crippen LogP contribution in [0.3, 0.4) is 0 Å². The van der Waals surface area contributed by atoms with Crippen molar-refractivity contribution < 1.29 is 4.79 Å². The number of imidazole rings is 1. The number of rotatable bonds is 5. The number of hydrogen-bond donors (Lipinski definition) is 2. The maximum absolute atomic E-state index is 12.4. The molecule has 3 rings (SSSR count). The van der Waals surface area contributed by atoms with Gasteiger partial charge in [0.25, 0.3) is 0 Å². The molecular weight excluding hydrogens is 347 g/mol. The van der Waals surface area contributed by atoms with Crippen LogP contribution in [0, 0.1) is 11.8 Å². The maximum atomic E-state index is 12.4. The third-order valence-corrected chi connectivity index (χ3v) is 4.68. The lowest BCUT2D eigenvalue weighted by Crippen LogP contribution is -2.50. The summed E-state index contributed by atoms with van der Waals surface area (Å²) in [7, 11) is 0. The molecule has 134 valence electrons. The van der Waals surface area contributed by atoms with Crippen LogP contribution in [0.5, 0.6) is 0 Å². The van der Waals surface area contributed by atoms with Crippen LogP contribution in [0.4, 0.5) is 0 Å². The molecule has 1 amide bonds. The Hall–Kier alpha value is -1.30. The molecule has 1 aliphatic heterocycles. The average Bonchev–Trinajstić information content (AvgIpc) is 2.83. The second kappa shape index (κ2) is 8.70. The molecule has 0 aliphatic carbocycles. The first-order chi connectivity index (χ1) is 10.6. The van der Waals surface area contributed by atoms with E-state index in [-0.39, 0.29) is 42.7 Å². The SMILES string of the molecule is CCn1c(C(C)NC(=O)C(C)C2CNC2)nc2ccccc21.Cl.Cl. The zero-order valence-electron chi connectivity index (χ0n) is 14.3. The van der Waals surface area contributed by atoms with Crippen molar-refractivity contribution >= 4 is 41.8 Å². The van der Waals surface area contributed by atoms with E-state index in [1.807, 2.05) is 32.0 Å². The summed E-state index contributed by atoms with van der Waals surface area (Å²) < 4.78 is 2.18. The summed E-state index contributed by atoms with van der Waals surface area (Å²) in [6.07, 6.45) is 0. The molecule has 24 heavy (non-hydrogen) atoms. The number of benzene rings is 1. The Kier molecular flexibility index (Phi) is 7.52. The predicted octanol–water partition coefficient (Wildman–Crippen LogP) is 2.93. The van der Waals surface area contributed by atoms with Gasteiger partial charge in [0.1, 0.15) is 5.82 Å². The Morgan fingerprint density at radius 1 is 1.33 bits per heavy atom. The fourth-order valence-electron chi connectivity index (χ4n) is 3.05. The maximum Gasteiger partial charge on any atom is 0.223 e. The van der Waals surface area contributed by atoms with E-state index >= 15 is 0 Å². The Bertz CT molecular complexity index is 684. The highest BCUT2D eigenvalue weighted by atomic mass is 35.5. The summed E-state index contributed by atoms with van der Waals surface area (Å²) in [5.74, 6) is 1.55. The fourth-order valence-corrected chi connectivity index (χ4v) is 3.05. The molecule has 2 atom stereocenters. The van der Waals surface area contributed by atoms with E-state index in [0.717, 1.165) is 36.5 Å². The Balaban J connectivity index is 0.00000144. The van der Waals surface area contributed by atoms with Crippen molar-refractivity contribution in [2.75, 3.05) is 13.1 Å². The minimum atomic E-state index is -0.0877. The summed E-state index contributed by atoms with van der Waals surface area (Å²) in [5, 5.41) is 6.35. The van der Waals surface area contributed by atoms with E-state index in [9.17, 15) is 4.79 Å². The molecule has 1 aromatic heterocycles. The number of aromatic nitrogens is 2. The summed E-state index contributed by atoms with van der Waals surface area (Å²) in [6.45, 7) is 8.85. The van der Waals surface area contributed by atoms with Gasteiger partial charge in [-0.1, -0.05) is 19.1 Å². The molecule has 7 heteroatoms. The number of aryl methyl sites for hydroxylation is 1. The van der Waals surface area contributed by atoms with Gasteiger partial charge in [0.15, 0.2) is 0 Å². The highest BCUT2D eigenvalue weighted by Gasteiger charge is 2.30. The van der Waals surface area contributed by atoms with Gasteiger partial charge >= 0.3 is 0 Å². The van der Waals surface area contributed by atoms with Gasteiger partial charge in [-0.15, -0.1) is 24.8 Å². The normalized spacial score (nSPS) is 16.5. The van der Waals surface area contributed by atoms with Crippen molar-refractivity contribution in [1.82, 2.24) is 20.2 Å². The lowest BCUT2D eigenvalue weighted by molar-refractivity contribution is -0.127. The molecule has 1 aliphatic rings. The minimum Gasteiger partial charge on any atom is -0.346 e. The first-order valence-electron chi connectivity index (χ1n) is 8.08. The van der Waals surface area contributed by atoms with Crippen LogP contribution >= 0.6 is 24.8 Å². The smallest absolute Gasteiger partial charge is 0.223 e. The lowest BCUT2D eigenvalue weighted by atomic mass is 9.88. The van der Waals surface area contributed by atoms with Crippen LogP contribution < -0.4 is 10.6 Å². The van der Waals surface area contributed by atoms with Gasteiger partial charge in [0.05, 0.1) is 17.1 Å². The fraction of sp³-hybridized carbons (Fsp3) is 0.529. The first kappa shape index (κ1) is 20.7. The van der Waals surface area contributed by atoms with Crippen LogP contribution in [-0.4, -0.2) is 28.5 Å². The van der Waals surface area contributed by atoms with Crippen molar-refractivity contribution in [1.29, 1.82) is 0 Å². The average molecular weight is 373 g/mol. The van der Waals surface area contributed by atoms with Crippen molar-refractivity contribution in [3.8, 4) is 0 Å². The van der Waals surface area contributed by atoms with E-state index < -0.39 is 0 Å². The third kappa shape index (κ3) is 3.85. The van der Waals surface area contributed by atoms with E-state index in [4.69, 9.17) is 4.98 Å². The summed E-state index contributed by atoms with van der Waals surface area (Å²) in [5.41, 5.74) is 2.11. The summed E-state index contributed by atoms with van der Waals surface area (Å²) in [4.78, 5) is 17.1. The van der Waals surface area contributed by atoms with Gasteiger partial charge in [0.2, 0.25) is 5.91 Å². The zero-order chi connectivity index (χ0) is 15.7. The standard InChI is InChI=1S/C17H24N4O.2ClH/c1-4-21-15-8-6-5-7-14(15)20-16(21)12(3)19-17(22)11(2)13-9-18-10-13;;/h5-8,11-13,18H,4,9-10H2,1-3H3,(H,19,22);2*1H. The number of nitrogens with zero attached hydrogens (tertiary/aromatic N) is 2. The number of amides is 1. The van der Waals surface area contributed by atoms with E-state index in [2.05, 4.69) is 28.2 Å². The second-order valence-electron chi connectivity index (χ2n) is 6.14. The monoisotopic (exact) mass is 372 g/mol. The number of fused-ring (bicyclic) bond motifs is 1. The van der Waals surface area contributed by atoms with Gasteiger partial charge in [0, 0.05) is 12.5 Å². The number of halogens is 2. The zero-order valence-corrected chi connectivity index (χ0v) is 15.9. The summed E-state index contributed by atoms with van der Waals surface area (Å²) >= 11 is 0. The summed E-state index contributed by atoms with van der Waals surface area (Å²) in [6, 6.07) is 8.02. The van der Waals surface area contributed by atoms with Crippen molar-refractivity contribution in [3.63, 3.8) is 0 Å². The largest absolute Gasteiger partial charge is 0.346 e. The Morgan fingerprint density at radius 3 is 2.58 bits per heavy atom. The van der Waals surface area contributed by atoms with E-state index in [1.54, 1.807) is 0 Å². The lowest BCUT2D eigenvalue weighted by Gasteiger charge is -2.32. The number of nitrogens with one attached hydrogen (secondary N) is 2. The highest BCUT2D eigenvalue weighted by molar-refractivity contribution is 5.85. The van der Waals surface area contributed by atoms with Gasteiger partial charge in [-0.25, -0.2) is 4.98 Å². The van der Waals surface area contributed by atoms with Gasteiger partial charge in [-0.2, -0.15) is 0 Å². The van der Waals surface area contributed by atoms with E-state index in [0.29, 0.717) is 5.92 Å². The number of carbonyl (C=O) groups excluding carboxylic acids is 1. The minimum absolute atomic E-state index is 0. The number of carbonyl (C=O) groups is 1. The van der Waals surface area contributed by atoms with Crippen molar-refractivity contribution in [2.45, 2.75) is 33.4 Å². The topological polar surface area (TPSA) is 59.0 Å². The Labute approximate surface area is 155 Å². The van der Waals surface area contributed by atoms with Crippen molar-refractivity contribution in [3.05, 3.63) is 30.1 Å². The van der Waals surface area contributed by atoms with Crippen molar-refractivity contribution in [2.24, 2.45) is 11.8 Å². The van der Waals surface area contributed by atoms with E-state index in [1.165, 1.54) is 0 Å². The molecule has 0 bridgehead atoms. The second-order valence-corrected chi connectivity index (χ2v) is 6.14.